The Morgan fingerprint density at radius 2 is 1.87 bits per heavy atom. The highest BCUT2D eigenvalue weighted by Gasteiger charge is 2.21. The first-order valence-corrected chi connectivity index (χ1v) is 9.72. The average Bonchev–Trinajstić information content (AvgIpc) is 2.97. The van der Waals surface area contributed by atoms with E-state index in [0.29, 0.717) is 27.6 Å². The van der Waals surface area contributed by atoms with Crippen LogP contribution in [0.3, 0.4) is 0 Å². The molecule has 0 amide bonds. The number of aryl methyl sites for hydroxylation is 1. The number of ether oxygens (including phenoxy) is 1. The lowest BCUT2D eigenvalue weighted by molar-refractivity contribution is 0.411. The molecule has 0 spiro atoms. The van der Waals surface area contributed by atoms with Gasteiger partial charge in [0.15, 0.2) is 5.65 Å². The van der Waals surface area contributed by atoms with Crippen LogP contribution in [0.4, 0.5) is 0 Å². The third kappa shape index (κ3) is 2.76. The summed E-state index contributed by atoms with van der Waals surface area (Å²) in [7, 11) is 1.62. The van der Waals surface area contributed by atoms with Gasteiger partial charge in [-0.05, 0) is 43.7 Å². The number of nitrogens with one attached hydrogen (secondary N) is 2. The molecular weight excluding hydrogens is 392 g/mol. The molecule has 3 N–H and O–H groups in total. The van der Waals surface area contributed by atoms with Crippen LogP contribution in [0.2, 0.25) is 0 Å². The quantitative estimate of drug-likeness (QED) is 0.417. The summed E-state index contributed by atoms with van der Waals surface area (Å²) < 4.78 is 7.24. The Hall–Kier alpha value is -4.20. The summed E-state index contributed by atoms with van der Waals surface area (Å²) in [5, 5.41) is 20.9. The van der Waals surface area contributed by atoms with Crippen molar-refractivity contribution >= 4 is 21.9 Å². The molecule has 5 rings (SSSR count). The Morgan fingerprint density at radius 3 is 2.61 bits per heavy atom. The van der Waals surface area contributed by atoms with Gasteiger partial charge in [-0.15, -0.1) is 0 Å². The Labute approximate surface area is 177 Å². The largest absolute Gasteiger partial charge is 0.496 e. The number of methoxy groups -OCH3 is 1. The van der Waals surface area contributed by atoms with Gasteiger partial charge in [0.05, 0.1) is 41.1 Å². The minimum absolute atomic E-state index is 0.105. The average molecular weight is 412 g/mol. The fourth-order valence-corrected chi connectivity index (χ4v) is 4.11. The molecule has 4 heterocycles. The van der Waals surface area contributed by atoms with Crippen LogP contribution in [-0.2, 0) is 0 Å². The first-order chi connectivity index (χ1) is 15.0. The standard InChI is InChI=1S/C23H20N6O2/c1-12-4-5-17(31-3)13(2)20(12)29-21(24)19-18-16(26-11-27-22(18)29)10-15(28-23(19)30)14-6-8-25-9-7-14/h4-11,24,30H,1-3H3,(H,26,27). The van der Waals surface area contributed by atoms with Crippen LogP contribution >= 0.6 is 0 Å². The molecule has 0 aliphatic heterocycles. The van der Waals surface area contributed by atoms with Crippen LogP contribution in [0.25, 0.3) is 38.9 Å². The van der Waals surface area contributed by atoms with Crippen LogP contribution in [0.5, 0.6) is 11.6 Å². The van der Waals surface area contributed by atoms with E-state index in [1.165, 1.54) is 0 Å². The molecule has 0 bridgehead atoms. The molecule has 8 nitrogen and oxygen atoms in total. The van der Waals surface area contributed by atoms with Crippen LogP contribution in [0.1, 0.15) is 11.1 Å². The molecule has 0 aliphatic rings. The number of rotatable bonds is 3. The van der Waals surface area contributed by atoms with Gasteiger partial charge in [-0.2, -0.15) is 0 Å². The predicted octanol–water partition coefficient (Wildman–Crippen LogP) is 3.77. The van der Waals surface area contributed by atoms with Gasteiger partial charge in [-0.25, -0.2) is 9.97 Å². The summed E-state index contributed by atoms with van der Waals surface area (Å²) in [6, 6.07) is 9.34. The molecule has 0 saturated carbocycles. The van der Waals surface area contributed by atoms with Crippen molar-refractivity contribution in [3.8, 4) is 28.6 Å². The van der Waals surface area contributed by atoms with Crippen molar-refractivity contribution < 1.29 is 9.84 Å². The number of aromatic hydroxyl groups is 1. The minimum Gasteiger partial charge on any atom is -0.496 e. The Bertz CT molecular complexity index is 1520. The van der Waals surface area contributed by atoms with Crippen molar-refractivity contribution in [3.05, 3.63) is 65.7 Å². The van der Waals surface area contributed by atoms with Crippen molar-refractivity contribution in [3.63, 3.8) is 0 Å². The second-order valence-corrected chi connectivity index (χ2v) is 7.33. The zero-order valence-corrected chi connectivity index (χ0v) is 17.3. The molecule has 0 atom stereocenters. The molecule has 8 heteroatoms. The van der Waals surface area contributed by atoms with Crippen LogP contribution < -0.4 is 10.2 Å². The summed E-state index contributed by atoms with van der Waals surface area (Å²) in [6.45, 7) is 3.92. The Balaban J connectivity index is 1.93. The fourth-order valence-electron chi connectivity index (χ4n) is 4.11. The molecule has 154 valence electrons. The van der Waals surface area contributed by atoms with E-state index >= 15 is 0 Å². The molecular formula is C23H20N6O2. The Morgan fingerprint density at radius 1 is 1.10 bits per heavy atom. The van der Waals surface area contributed by atoms with Gasteiger partial charge in [-0.1, -0.05) is 6.07 Å². The van der Waals surface area contributed by atoms with E-state index in [-0.39, 0.29) is 11.4 Å². The van der Waals surface area contributed by atoms with Gasteiger partial charge in [-0.3, -0.25) is 15.0 Å². The third-order valence-corrected chi connectivity index (χ3v) is 5.56. The number of hydrogen-bond donors (Lipinski definition) is 3. The topological polar surface area (TPSA) is 113 Å². The normalized spacial score (nSPS) is 11.3. The van der Waals surface area contributed by atoms with Crippen LogP contribution in [0.15, 0.2) is 49.1 Å². The van der Waals surface area contributed by atoms with Gasteiger partial charge in [0, 0.05) is 23.5 Å². The third-order valence-electron chi connectivity index (χ3n) is 5.56. The molecule has 5 aromatic rings. The summed E-state index contributed by atoms with van der Waals surface area (Å²) in [5.74, 6) is 0.492. The number of benzene rings is 1. The zero-order valence-electron chi connectivity index (χ0n) is 17.3. The summed E-state index contributed by atoms with van der Waals surface area (Å²) in [4.78, 5) is 16.2. The number of aromatic amines is 1. The second-order valence-electron chi connectivity index (χ2n) is 7.33. The van der Waals surface area contributed by atoms with Crippen molar-refractivity contribution in [2.45, 2.75) is 13.8 Å². The van der Waals surface area contributed by atoms with Gasteiger partial charge in [0.1, 0.15) is 11.2 Å². The highest BCUT2D eigenvalue weighted by molar-refractivity contribution is 6.08. The lowest BCUT2D eigenvalue weighted by atomic mass is 10.1. The summed E-state index contributed by atoms with van der Waals surface area (Å²) in [6.07, 6.45) is 4.93. The highest BCUT2D eigenvalue weighted by atomic mass is 16.5. The van der Waals surface area contributed by atoms with Crippen molar-refractivity contribution in [2.75, 3.05) is 7.11 Å². The minimum atomic E-state index is -0.227. The maximum atomic E-state index is 11.0. The smallest absolute Gasteiger partial charge is 0.223 e. The molecule has 1 aromatic carbocycles. The van der Waals surface area contributed by atoms with Crippen molar-refractivity contribution in [1.29, 1.82) is 5.41 Å². The van der Waals surface area contributed by atoms with Crippen molar-refractivity contribution in [2.24, 2.45) is 0 Å². The van der Waals surface area contributed by atoms with E-state index < -0.39 is 0 Å². The maximum absolute atomic E-state index is 11.0. The molecule has 0 saturated heterocycles. The number of hydrogen-bond acceptors (Lipinski definition) is 6. The molecule has 0 unspecified atom stereocenters. The van der Waals surface area contributed by atoms with Crippen molar-refractivity contribution in [1.82, 2.24) is 24.5 Å². The molecule has 31 heavy (non-hydrogen) atoms. The number of nitrogens with zero attached hydrogens (tertiary/aromatic N) is 4. The SMILES string of the molecule is COc1ccc(C)c(-n2c(=N)c3c(O)nc(-c4ccncc4)cc4[nH]cnc2c43)c1C. The molecule has 0 aliphatic carbocycles. The monoisotopic (exact) mass is 412 g/mol. The molecule has 0 radical (unpaired) electrons. The van der Waals surface area contributed by atoms with E-state index in [4.69, 9.17) is 10.1 Å². The molecule has 0 fully saturated rings. The van der Waals surface area contributed by atoms with Gasteiger partial charge >= 0.3 is 0 Å². The second kappa shape index (κ2) is 6.94. The maximum Gasteiger partial charge on any atom is 0.223 e. The van der Waals surface area contributed by atoms with Crippen LogP contribution in [-0.4, -0.2) is 36.7 Å². The summed E-state index contributed by atoms with van der Waals surface area (Å²) in [5.41, 5.74) is 5.41. The van der Waals surface area contributed by atoms with Gasteiger partial charge < -0.3 is 14.8 Å². The first-order valence-electron chi connectivity index (χ1n) is 9.72. The Kier molecular flexibility index (Phi) is 4.21. The van der Waals surface area contributed by atoms with E-state index in [1.54, 1.807) is 30.4 Å². The zero-order chi connectivity index (χ0) is 21.7. The lowest BCUT2D eigenvalue weighted by Crippen LogP contribution is -2.16. The number of H-pyrrole nitrogens is 1. The predicted molar refractivity (Wildman–Crippen MR) is 117 cm³/mol. The van der Waals surface area contributed by atoms with Gasteiger partial charge in [0.25, 0.3) is 0 Å². The number of aromatic nitrogens is 5. The number of pyridine rings is 1. The first kappa shape index (κ1) is 18.8. The lowest BCUT2D eigenvalue weighted by Gasteiger charge is -2.15. The van der Waals surface area contributed by atoms with E-state index in [0.717, 1.165) is 28.1 Å². The highest BCUT2D eigenvalue weighted by Crippen LogP contribution is 2.34. The van der Waals surface area contributed by atoms with E-state index in [2.05, 4.69) is 19.9 Å². The van der Waals surface area contributed by atoms with E-state index in [1.807, 2.05) is 44.2 Å². The molecule has 4 aromatic heterocycles. The van der Waals surface area contributed by atoms with Crippen LogP contribution in [0, 0.1) is 19.3 Å². The fraction of sp³-hybridized carbons (Fsp3) is 0.130. The summed E-state index contributed by atoms with van der Waals surface area (Å²) >= 11 is 0. The van der Waals surface area contributed by atoms with E-state index in [9.17, 15) is 5.11 Å². The van der Waals surface area contributed by atoms with Gasteiger partial charge in [0.2, 0.25) is 5.88 Å².